The van der Waals surface area contributed by atoms with E-state index in [0.29, 0.717) is 11.7 Å². The molecular formula is C11H10N2O2. The number of aliphatic hydroxyl groups is 1. The number of aromatic nitrogens is 2. The molecule has 4 heteroatoms. The molecule has 0 spiro atoms. The van der Waals surface area contributed by atoms with Gasteiger partial charge in [-0.05, 0) is 17.5 Å². The van der Waals surface area contributed by atoms with Crippen LogP contribution in [-0.4, -0.2) is 15.2 Å². The Bertz CT molecular complexity index is 493. The summed E-state index contributed by atoms with van der Waals surface area (Å²) in [6.07, 6.45) is 0.948. The van der Waals surface area contributed by atoms with Crippen molar-refractivity contribution in [1.82, 2.24) is 10.1 Å². The second-order valence-corrected chi connectivity index (χ2v) is 3.66. The fourth-order valence-electron chi connectivity index (χ4n) is 1.95. The van der Waals surface area contributed by atoms with Crippen LogP contribution in [0.1, 0.15) is 28.8 Å². The lowest BCUT2D eigenvalue weighted by Crippen LogP contribution is -2.18. The third kappa shape index (κ3) is 1.26. The number of benzene rings is 1. The highest BCUT2D eigenvalue weighted by Crippen LogP contribution is 2.38. The zero-order valence-corrected chi connectivity index (χ0v) is 8.05. The quantitative estimate of drug-likeness (QED) is 0.796. The van der Waals surface area contributed by atoms with Gasteiger partial charge >= 0.3 is 0 Å². The van der Waals surface area contributed by atoms with Gasteiger partial charge in [-0.3, -0.25) is 0 Å². The van der Waals surface area contributed by atoms with Crippen molar-refractivity contribution in [2.24, 2.45) is 0 Å². The van der Waals surface area contributed by atoms with E-state index in [1.54, 1.807) is 0 Å². The van der Waals surface area contributed by atoms with Gasteiger partial charge in [0.25, 0.3) is 0 Å². The zero-order valence-electron chi connectivity index (χ0n) is 8.05. The summed E-state index contributed by atoms with van der Waals surface area (Å²) in [5.74, 6) is 1.18. The van der Waals surface area contributed by atoms with E-state index in [0.717, 1.165) is 6.42 Å². The summed E-state index contributed by atoms with van der Waals surface area (Å²) in [6, 6.07) is 8.22. The molecule has 0 aliphatic heterocycles. The normalized spacial score (nSPS) is 18.3. The summed E-state index contributed by atoms with van der Waals surface area (Å²) >= 11 is 0. The molecule has 1 unspecified atom stereocenters. The molecule has 4 nitrogen and oxygen atoms in total. The molecule has 0 bridgehead atoms. The fourth-order valence-corrected chi connectivity index (χ4v) is 1.95. The van der Waals surface area contributed by atoms with Crippen molar-refractivity contribution < 1.29 is 9.63 Å². The molecule has 0 radical (unpaired) electrons. The monoisotopic (exact) mass is 202 g/mol. The summed E-state index contributed by atoms with van der Waals surface area (Å²) in [6.45, 7) is -0.169. The smallest absolute Gasteiger partial charge is 0.234 e. The highest BCUT2D eigenvalue weighted by molar-refractivity contribution is 5.43. The Morgan fingerprint density at radius 3 is 3.00 bits per heavy atom. The molecule has 1 aliphatic carbocycles. The highest BCUT2D eigenvalue weighted by atomic mass is 16.5. The van der Waals surface area contributed by atoms with Crippen molar-refractivity contribution in [1.29, 1.82) is 0 Å². The molecule has 0 saturated heterocycles. The lowest BCUT2D eigenvalue weighted by atomic mass is 9.77. The maximum Gasteiger partial charge on any atom is 0.234 e. The van der Waals surface area contributed by atoms with Crippen LogP contribution in [-0.2, 0) is 13.0 Å². The molecule has 1 N–H and O–H groups in total. The molecule has 3 rings (SSSR count). The first kappa shape index (κ1) is 8.61. The topological polar surface area (TPSA) is 59.2 Å². The average molecular weight is 202 g/mol. The molecule has 1 aromatic heterocycles. The fraction of sp³-hybridized carbons (Fsp3) is 0.273. The Labute approximate surface area is 86.6 Å². The molecule has 15 heavy (non-hydrogen) atoms. The SMILES string of the molecule is OCc1noc(C2Cc3ccccc32)n1. The van der Waals surface area contributed by atoms with Crippen LogP contribution in [0.15, 0.2) is 28.8 Å². The predicted molar refractivity (Wildman–Crippen MR) is 52.2 cm³/mol. The van der Waals surface area contributed by atoms with Crippen molar-refractivity contribution in [2.75, 3.05) is 0 Å². The number of fused-ring (bicyclic) bond motifs is 1. The van der Waals surface area contributed by atoms with Crippen LogP contribution in [0, 0.1) is 0 Å². The van der Waals surface area contributed by atoms with Gasteiger partial charge in [-0.2, -0.15) is 4.98 Å². The second kappa shape index (κ2) is 3.17. The summed E-state index contributed by atoms with van der Waals surface area (Å²) in [4.78, 5) is 4.12. The zero-order chi connectivity index (χ0) is 10.3. The largest absolute Gasteiger partial charge is 0.388 e. The van der Waals surface area contributed by atoms with Crippen molar-refractivity contribution in [3.05, 3.63) is 47.1 Å². The van der Waals surface area contributed by atoms with Gasteiger partial charge in [-0.1, -0.05) is 29.4 Å². The first-order chi connectivity index (χ1) is 7.38. The second-order valence-electron chi connectivity index (χ2n) is 3.66. The van der Waals surface area contributed by atoms with Crippen LogP contribution < -0.4 is 0 Å². The summed E-state index contributed by atoms with van der Waals surface area (Å²) in [5.41, 5.74) is 2.59. The molecule has 1 heterocycles. The molecular weight excluding hydrogens is 192 g/mol. The predicted octanol–water partition coefficient (Wildman–Crippen LogP) is 1.25. The third-order valence-electron chi connectivity index (χ3n) is 2.78. The summed E-state index contributed by atoms with van der Waals surface area (Å²) in [7, 11) is 0. The molecule has 1 aromatic carbocycles. The molecule has 1 aliphatic rings. The average Bonchev–Trinajstić information content (AvgIpc) is 2.68. The molecule has 0 saturated carbocycles. The van der Waals surface area contributed by atoms with Gasteiger partial charge in [0.2, 0.25) is 5.89 Å². The van der Waals surface area contributed by atoms with E-state index in [9.17, 15) is 0 Å². The first-order valence-corrected chi connectivity index (χ1v) is 4.89. The van der Waals surface area contributed by atoms with Crippen LogP contribution in [0.5, 0.6) is 0 Å². The van der Waals surface area contributed by atoms with Gasteiger partial charge in [-0.25, -0.2) is 0 Å². The van der Waals surface area contributed by atoms with E-state index in [1.807, 2.05) is 12.1 Å². The Morgan fingerprint density at radius 1 is 1.40 bits per heavy atom. The van der Waals surface area contributed by atoms with Crippen molar-refractivity contribution in [3.63, 3.8) is 0 Å². The van der Waals surface area contributed by atoms with Crippen molar-refractivity contribution in [2.45, 2.75) is 18.9 Å². The van der Waals surface area contributed by atoms with E-state index in [4.69, 9.17) is 9.63 Å². The maximum atomic E-state index is 8.83. The number of hydrogen-bond donors (Lipinski definition) is 1. The first-order valence-electron chi connectivity index (χ1n) is 4.89. The van der Waals surface area contributed by atoms with Gasteiger partial charge in [0.05, 0.1) is 5.92 Å². The van der Waals surface area contributed by atoms with Gasteiger partial charge in [-0.15, -0.1) is 0 Å². The molecule has 76 valence electrons. The summed E-state index contributed by atoms with van der Waals surface area (Å²) in [5, 5.41) is 12.5. The van der Waals surface area contributed by atoms with Crippen molar-refractivity contribution >= 4 is 0 Å². The highest BCUT2D eigenvalue weighted by Gasteiger charge is 2.31. The lowest BCUT2D eigenvalue weighted by Gasteiger charge is -2.26. The van der Waals surface area contributed by atoms with Crippen LogP contribution in [0.2, 0.25) is 0 Å². The third-order valence-corrected chi connectivity index (χ3v) is 2.78. The van der Waals surface area contributed by atoms with E-state index in [-0.39, 0.29) is 12.5 Å². The minimum Gasteiger partial charge on any atom is -0.388 e. The minimum absolute atomic E-state index is 0.169. The maximum absolute atomic E-state index is 8.83. The van der Waals surface area contributed by atoms with E-state index in [1.165, 1.54) is 11.1 Å². The number of hydrogen-bond acceptors (Lipinski definition) is 4. The van der Waals surface area contributed by atoms with Crippen LogP contribution in [0.3, 0.4) is 0 Å². The molecule has 2 aromatic rings. The van der Waals surface area contributed by atoms with E-state index in [2.05, 4.69) is 22.3 Å². The van der Waals surface area contributed by atoms with Gasteiger partial charge in [0.1, 0.15) is 6.61 Å². The van der Waals surface area contributed by atoms with Crippen LogP contribution in [0.4, 0.5) is 0 Å². The summed E-state index contributed by atoms with van der Waals surface area (Å²) < 4.78 is 5.10. The van der Waals surface area contributed by atoms with Crippen molar-refractivity contribution in [3.8, 4) is 0 Å². The Balaban J connectivity index is 1.93. The molecule has 1 atom stereocenters. The van der Waals surface area contributed by atoms with Gasteiger partial charge < -0.3 is 9.63 Å². The Kier molecular flexibility index (Phi) is 1.82. The van der Waals surface area contributed by atoms with Crippen LogP contribution >= 0.6 is 0 Å². The lowest BCUT2D eigenvalue weighted by molar-refractivity contribution is 0.262. The number of aliphatic hydroxyl groups excluding tert-OH is 1. The molecule has 0 fully saturated rings. The Morgan fingerprint density at radius 2 is 2.27 bits per heavy atom. The molecule has 0 amide bonds. The van der Waals surface area contributed by atoms with Crippen LogP contribution in [0.25, 0.3) is 0 Å². The number of rotatable bonds is 2. The van der Waals surface area contributed by atoms with Gasteiger partial charge in [0, 0.05) is 0 Å². The van der Waals surface area contributed by atoms with E-state index < -0.39 is 0 Å². The van der Waals surface area contributed by atoms with E-state index >= 15 is 0 Å². The van der Waals surface area contributed by atoms with Gasteiger partial charge in [0.15, 0.2) is 5.82 Å². The minimum atomic E-state index is -0.169. The Hall–Kier alpha value is -1.68. The number of nitrogens with zero attached hydrogens (tertiary/aromatic N) is 2. The standard InChI is InChI=1S/C11H10N2O2/c14-6-10-12-11(15-13-10)9-5-7-3-1-2-4-8(7)9/h1-4,9,14H,5-6H2.